The highest BCUT2D eigenvalue weighted by Crippen LogP contribution is 2.18. The first-order valence-corrected chi connectivity index (χ1v) is 7.70. The number of tetrazole rings is 1. The first kappa shape index (κ1) is 15.9. The van der Waals surface area contributed by atoms with E-state index in [9.17, 15) is 4.79 Å². The summed E-state index contributed by atoms with van der Waals surface area (Å²) in [7, 11) is 0. The van der Waals surface area contributed by atoms with Crippen LogP contribution in [0.1, 0.15) is 29.7 Å². The van der Waals surface area contributed by atoms with Gasteiger partial charge in [-0.25, -0.2) is 4.68 Å². The van der Waals surface area contributed by atoms with Crippen LogP contribution in [0, 0.1) is 6.92 Å². The molecule has 0 spiro atoms. The molecule has 3 aromatic rings. The average Bonchev–Trinajstić information content (AvgIpc) is 3.10. The number of hydrogen-bond acceptors (Lipinski definition) is 5. The van der Waals surface area contributed by atoms with Crippen molar-refractivity contribution < 1.29 is 9.53 Å². The minimum Gasteiger partial charge on any atom is -0.458 e. The fraction of sp³-hybridized carbons (Fsp3) is 0.222. The molecule has 1 heterocycles. The number of ether oxygens (including phenoxy) is 1. The van der Waals surface area contributed by atoms with Gasteiger partial charge in [-0.3, -0.25) is 4.79 Å². The molecule has 2 aromatic carbocycles. The summed E-state index contributed by atoms with van der Waals surface area (Å²) in [6.07, 6.45) is 1.48. The van der Waals surface area contributed by atoms with Crippen LogP contribution in [0.2, 0.25) is 0 Å². The third-order valence-electron chi connectivity index (χ3n) is 3.75. The number of carbonyl (C=O) groups is 1. The van der Waals surface area contributed by atoms with Crippen LogP contribution in [0.3, 0.4) is 0 Å². The van der Waals surface area contributed by atoms with E-state index in [4.69, 9.17) is 4.74 Å². The van der Waals surface area contributed by atoms with Crippen molar-refractivity contribution in [2.45, 2.75) is 26.4 Å². The van der Waals surface area contributed by atoms with Crippen molar-refractivity contribution in [2.75, 3.05) is 0 Å². The Morgan fingerprint density at radius 2 is 1.83 bits per heavy atom. The van der Waals surface area contributed by atoms with Gasteiger partial charge in [-0.1, -0.05) is 42.0 Å². The summed E-state index contributed by atoms with van der Waals surface area (Å²) in [6.45, 7) is 3.91. The Bertz CT molecular complexity index is 796. The Labute approximate surface area is 140 Å². The fourth-order valence-electron chi connectivity index (χ4n) is 2.36. The molecule has 3 rings (SSSR count). The van der Waals surface area contributed by atoms with E-state index in [1.807, 2.05) is 62.4 Å². The lowest BCUT2D eigenvalue weighted by Gasteiger charge is -2.14. The highest BCUT2D eigenvalue weighted by atomic mass is 16.5. The molecule has 0 N–H and O–H groups in total. The summed E-state index contributed by atoms with van der Waals surface area (Å²) in [6, 6.07) is 15.5. The summed E-state index contributed by atoms with van der Waals surface area (Å²) in [4.78, 5) is 12.1. The monoisotopic (exact) mass is 322 g/mol. The first-order chi connectivity index (χ1) is 11.6. The van der Waals surface area contributed by atoms with Crippen molar-refractivity contribution in [1.82, 2.24) is 20.2 Å². The summed E-state index contributed by atoms with van der Waals surface area (Å²) < 4.78 is 7.06. The number of benzene rings is 2. The summed E-state index contributed by atoms with van der Waals surface area (Å²) in [5, 5.41) is 11.0. The lowest BCUT2D eigenvalue weighted by atomic mass is 10.1. The van der Waals surface area contributed by atoms with Crippen LogP contribution in [0.5, 0.6) is 0 Å². The Hall–Kier alpha value is -3.02. The Morgan fingerprint density at radius 3 is 2.46 bits per heavy atom. The van der Waals surface area contributed by atoms with Gasteiger partial charge < -0.3 is 4.74 Å². The topological polar surface area (TPSA) is 69.9 Å². The van der Waals surface area contributed by atoms with Crippen LogP contribution in [-0.2, 0) is 16.0 Å². The quantitative estimate of drug-likeness (QED) is 0.676. The minimum atomic E-state index is -0.265. The van der Waals surface area contributed by atoms with Crippen molar-refractivity contribution in [3.05, 3.63) is 71.5 Å². The molecule has 1 aromatic heterocycles. The van der Waals surface area contributed by atoms with E-state index >= 15 is 0 Å². The van der Waals surface area contributed by atoms with E-state index in [0.29, 0.717) is 0 Å². The van der Waals surface area contributed by atoms with Gasteiger partial charge in [-0.05, 0) is 47.5 Å². The Morgan fingerprint density at radius 1 is 1.12 bits per heavy atom. The van der Waals surface area contributed by atoms with Gasteiger partial charge in [0.2, 0.25) is 0 Å². The molecule has 0 aliphatic rings. The van der Waals surface area contributed by atoms with E-state index in [1.54, 1.807) is 4.68 Å². The fourth-order valence-corrected chi connectivity index (χ4v) is 2.36. The van der Waals surface area contributed by atoms with Gasteiger partial charge in [-0.15, -0.1) is 5.10 Å². The normalized spacial score (nSPS) is 11.9. The zero-order chi connectivity index (χ0) is 16.9. The maximum absolute atomic E-state index is 12.1. The lowest BCUT2D eigenvalue weighted by Crippen LogP contribution is -2.11. The molecule has 0 bridgehead atoms. The number of rotatable bonds is 5. The molecule has 1 atom stereocenters. The third kappa shape index (κ3) is 3.84. The molecule has 122 valence electrons. The van der Waals surface area contributed by atoms with Gasteiger partial charge in [0, 0.05) is 0 Å². The number of aromatic nitrogens is 4. The maximum atomic E-state index is 12.1. The smallest absolute Gasteiger partial charge is 0.310 e. The van der Waals surface area contributed by atoms with E-state index < -0.39 is 0 Å². The molecule has 0 saturated carbocycles. The highest BCUT2D eigenvalue weighted by molar-refractivity contribution is 5.73. The van der Waals surface area contributed by atoms with Crippen LogP contribution in [0.4, 0.5) is 0 Å². The van der Waals surface area contributed by atoms with Crippen molar-refractivity contribution in [3.8, 4) is 5.69 Å². The van der Waals surface area contributed by atoms with Crippen LogP contribution in [0.25, 0.3) is 5.69 Å². The van der Waals surface area contributed by atoms with Crippen LogP contribution in [0.15, 0.2) is 54.9 Å². The molecule has 1 unspecified atom stereocenters. The summed E-state index contributed by atoms with van der Waals surface area (Å²) in [5.74, 6) is -0.252. The van der Waals surface area contributed by atoms with Gasteiger partial charge in [0.25, 0.3) is 0 Å². The number of hydrogen-bond donors (Lipinski definition) is 0. The highest BCUT2D eigenvalue weighted by Gasteiger charge is 2.12. The molecule has 0 aliphatic heterocycles. The number of nitrogens with zero attached hydrogens (tertiary/aromatic N) is 4. The Balaban J connectivity index is 1.59. The van der Waals surface area contributed by atoms with Gasteiger partial charge in [-0.2, -0.15) is 0 Å². The number of carbonyl (C=O) groups excluding carboxylic acids is 1. The standard InChI is InChI=1S/C18H18N4O2/c1-13-3-7-16(8-4-13)14(2)24-18(23)11-15-5-9-17(10-6-15)22-12-19-20-21-22/h3-10,12,14H,11H2,1-2H3. The molecule has 6 nitrogen and oxygen atoms in total. The molecule has 0 radical (unpaired) electrons. The largest absolute Gasteiger partial charge is 0.458 e. The van der Waals surface area contributed by atoms with E-state index in [2.05, 4.69) is 15.5 Å². The van der Waals surface area contributed by atoms with Crippen molar-refractivity contribution in [1.29, 1.82) is 0 Å². The zero-order valence-corrected chi connectivity index (χ0v) is 13.6. The van der Waals surface area contributed by atoms with E-state index in [1.165, 1.54) is 11.9 Å². The van der Waals surface area contributed by atoms with Gasteiger partial charge >= 0.3 is 5.97 Å². The molecule has 0 fully saturated rings. The number of aryl methyl sites for hydroxylation is 1. The zero-order valence-electron chi connectivity index (χ0n) is 13.6. The molecule has 0 amide bonds. The van der Waals surface area contributed by atoms with E-state index in [0.717, 1.165) is 16.8 Å². The van der Waals surface area contributed by atoms with E-state index in [-0.39, 0.29) is 18.5 Å². The van der Waals surface area contributed by atoms with Crippen molar-refractivity contribution in [3.63, 3.8) is 0 Å². The SMILES string of the molecule is Cc1ccc(C(C)OC(=O)Cc2ccc(-n3cnnn3)cc2)cc1. The minimum absolute atomic E-state index is 0.228. The average molecular weight is 322 g/mol. The molecule has 0 aliphatic carbocycles. The second-order valence-electron chi connectivity index (χ2n) is 5.64. The van der Waals surface area contributed by atoms with Crippen molar-refractivity contribution >= 4 is 5.97 Å². The number of esters is 1. The molecular formula is C18H18N4O2. The van der Waals surface area contributed by atoms with Gasteiger partial charge in [0.15, 0.2) is 0 Å². The van der Waals surface area contributed by atoms with Crippen LogP contribution < -0.4 is 0 Å². The first-order valence-electron chi connectivity index (χ1n) is 7.70. The van der Waals surface area contributed by atoms with Gasteiger partial charge in [0.1, 0.15) is 12.4 Å². The second kappa shape index (κ2) is 7.04. The Kier molecular flexibility index (Phi) is 4.65. The van der Waals surface area contributed by atoms with Crippen LogP contribution in [-0.4, -0.2) is 26.2 Å². The third-order valence-corrected chi connectivity index (χ3v) is 3.75. The molecule has 6 heteroatoms. The molecular weight excluding hydrogens is 304 g/mol. The second-order valence-corrected chi connectivity index (χ2v) is 5.64. The molecule has 0 saturated heterocycles. The van der Waals surface area contributed by atoms with Gasteiger partial charge in [0.05, 0.1) is 12.1 Å². The van der Waals surface area contributed by atoms with Crippen LogP contribution >= 0.6 is 0 Å². The lowest BCUT2D eigenvalue weighted by molar-refractivity contribution is -0.147. The molecule has 24 heavy (non-hydrogen) atoms. The predicted molar refractivity (Wildman–Crippen MR) is 88.5 cm³/mol. The maximum Gasteiger partial charge on any atom is 0.310 e. The summed E-state index contributed by atoms with van der Waals surface area (Å²) in [5.41, 5.74) is 3.89. The summed E-state index contributed by atoms with van der Waals surface area (Å²) >= 11 is 0. The predicted octanol–water partition coefficient (Wildman–Crippen LogP) is 2.82. The van der Waals surface area contributed by atoms with Crippen molar-refractivity contribution in [2.24, 2.45) is 0 Å².